The predicted octanol–water partition coefficient (Wildman–Crippen LogP) is 2.99. The van der Waals surface area contributed by atoms with Crippen LogP contribution in [-0.4, -0.2) is 0 Å². The average Bonchev–Trinajstić information content (AvgIpc) is 2.18. The first-order chi connectivity index (χ1) is 7.15. The first-order valence-corrected chi connectivity index (χ1v) is 4.57. The van der Waals surface area contributed by atoms with Gasteiger partial charge in [0.1, 0.15) is 17.7 Å². The van der Waals surface area contributed by atoms with Crippen LogP contribution in [-0.2, 0) is 0 Å². The Bertz CT molecular complexity index is 441. The van der Waals surface area contributed by atoms with Crippen LogP contribution in [0.15, 0.2) is 30.0 Å². The summed E-state index contributed by atoms with van der Waals surface area (Å²) in [7, 11) is 0. The molecule has 74 valence electrons. The molecule has 0 aliphatic carbocycles. The van der Waals surface area contributed by atoms with Gasteiger partial charge < -0.3 is 5.32 Å². The zero-order chi connectivity index (χ0) is 11.3. The summed E-state index contributed by atoms with van der Waals surface area (Å²) in [4.78, 5) is 0. The summed E-state index contributed by atoms with van der Waals surface area (Å²) in [6.45, 7) is 1.91. The summed E-state index contributed by atoms with van der Waals surface area (Å²) >= 11 is 5.84. The molecule has 1 aromatic carbocycles. The molecule has 1 aromatic rings. The Labute approximate surface area is 93.2 Å². The Hall–Kier alpha value is -1.97. The number of halogens is 1. The van der Waals surface area contributed by atoms with Crippen molar-refractivity contribution in [2.45, 2.75) is 6.92 Å². The molecule has 0 spiro atoms. The molecule has 3 nitrogen and oxygen atoms in total. The third kappa shape index (κ3) is 3.34. The number of nitriles is 2. The van der Waals surface area contributed by atoms with Crippen molar-refractivity contribution in [2.24, 2.45) is 0 Å². The maximum Gasteiger partial charge on any atom is 0.145 e. The highest BCUT2D eigenvalue weighted by Gasteiger charge is 1.96. The normalized spacial score (nSPS) is 8.53. The van der Waals surface area contributed by atoms with Crippen molar-refractivity contribution in [3.8, 4) is 12.1 Å². The second-order valence-corrected chi connectivity index (χ2v) is 3.38. The lowest BCUT2D eigenvalue weighted by molar-refractivity contribution is 1.43. The van der Waals surface area contributed by atoms with Crippen molar-refractivity contribution in [1.82, 2.24) is 0 Å². The van der Waals surface area contributed by atoms with E-state index in [2.05, 4.69) is 5.32 Å². The van der Waals surface area contributed by atoms with Crippen molar-refractivity contribution >= 4 is 17.3 Å². The van der Waals surface area contributed by atoms with Crippen molar-refractivity contribution in [3.63, 3.8) is 0 Å². The molecule has 0 amide bonds. The monoisotopic (exact) mass is 217 g/mol. The quantitative estimate of drug-likeness (QED) is 0.775. The molecule has 0 saturated heterocycles. The van der Waals surface area contributed by atoms with Gasteiger partial charge in [-0.2, -0.15) is 10.5 Å². The fourth-order valence-corrected chi connectivity index (χ4v) is 1.35. The van der Waals surface area contributed by atoms with E-state index in [9.17, 15) is 0 Å². The number of allylic oxidation sites excluding steroid dienone is 1. The molecule has 15 heavy (non-hydrogen) atoms. The molecule has 1 rings (SSSR count). The summed E-state index contributed by atoms with van der Waals surface area (Å²) < 4.78 is 0. The number of rotatable bonds is 2. The van der Waals surface area contributed by atoms with Crippen LogP contribution in [0.4, 0.5) is 5.69 Å². The molecular formula is C11H8ClN3. The molecule has 0 radical (unpaired) electrons. The summed E-state index contributed by atoms with van der Waals surface area (Å²) in [5.74, 6) is 0. The molecule has 0 bridgehead atoms. The van der Waals surface area contributed by atoms with Crippen LogP contribution >= 0.6 is 11.6 Å². The zero-order valence-corrected chi connectivity index (χ0v) is 8.84. The molecular weight excluding hydrogens is 210 g/mol. The Morgan fingerprint density at radius 2 is 2.00 bits per heavy atom. The minimum Gasteiger partial charge on any atom is -0.360 e. The highest BCUT2D eigenvalue weighted by molar-refractivity contribution is 6.30. The smallest absolute Gasteiger partial charge is 0.145 e. The van der Waals surface area contributed by atoms with E-state index in [4.69, 9.17) is 22.1 Å². The van der Waals surface area contributed by atoms with Gasteiger partial charge in [0, 0.05) is 16.9 Å². The van der Waals surface area contributed by atoms with E-state index < -0.39 is 0 Å². The standard InChI is InChI=1S/C11H8ClN3/c1-8-2-10(12)4-11(3-8)15-7-9(5-13)6-14/h2-4,7,15H,1H3. The SMILES string of the molecule is Cc1cc(Cl)cc(NC=C(C#N)C#N)c1. The van der Waals surface area contributed by atoms with E-state index in [1.807, 2.05) is 19.1 Å². The van der Waals surface area contributed by atoms with Crippen molar-refractivity contribution in [3.05, 3.63) is 40.6 Å². The summed E-state index contributed by atoms with van der Waals surface area (Å²) in [6.07, 6.45) is 1.35. The van der Waals surface area contributed by atoms with Gasteiger partial charge in [-0.1, -0.05) is 11.6 Å². The molecule has 0 aromatic heterocycles. The molecule has 0 saturated carbocycles. The second-order valence-electron chi connectivity index (χ2n) is 2.94. The average molecular weight is 218 g/mol. The first kappa shape index (κ1) is 11.1. The molecule has 1 N–H and O–H groups in total. The zero-order valence-electron chi connectivity index (χ0n) is 8.08. The molecule has 0 aliphatic rings. The second kappa shape index (κ2) is 5.05. The number of nitrogens with zero attached hydrogens (tertiary/aromatic N) is 2. The van der Waals surface area contributed by atoms with E-state index in [0.29, 0.717) is 5.02 Å². The third-order valence-corrected chi connectivity index (χ3v) is 1.88. The molecule has 0 heterocycles. The van der Waals surface area contributed by atoms with Crippen LogP contribution in [0.1, 0.15) is 5.56 Å². The number of benzene rings is 1. The Kier molecular flexibility index (Phi) is 3.74. The highest BCUT2D eigenvalue weighted by Crippen LogP contribution is 2.18. The van der Waals surface area contributed by atoms with Crippen molar-refractivity contribution < 1.29 is 0 Å². The van der Waals surface area contributed by atoms with Gasteiger partial charge in [-0.05, 0) is 30.7 Å². The maximum atomic E-state index is 8.51. The van der Waals surface area contributed by atoms with Gasteiger partial charge in [-0.15, -0.1) is 0 Å². The number of anilines is 1. The van der Waals surface area contributed by atoms with Crippen molar-refractivity contribution in [1.29, 1.82) is 10.5 Å². The van der Waals surface area contributed by atoms with E-state index in [1.54, 1.807) is 18.2 Å². The largest absolute Gasteiger partial charge is 0.360 e. The molecule has 0 aliphatic heterocycles. The fourth-order valence-electron chi connectivity index (χ4n) is 1.06. The van der Waals surface area contributed by atoms with Crippen LogP contribution in [0.5, 0.6) is 0 Å². The third-order valence-electron chi connectivity index (χ3n) is 1.67. The lowest BCUT2D eigenvalue weighted by atomic mass is 10.2. The van der Waals surface area contributed by atoms with Gasteiger partial charge >= 0.3 is 0 Å². The minimum absolute atomic E-state index is 0.0210. The summed E-state index contributed by atoms with van der Waals surface area (Å²) in [5, 5.41) is 20.5. The lowest BCUT2D eigenvalue weighted by Gasteiger charge is -2.02. The van der Waals surface area contributed by atoms with Gasteiger partial charge in [-0.25, -0.2) is 0 Å². The lowest BCUT2D eigenvalue weighted by Crippen LogP contribution is -1.90. The van der Waals surface area contributed by atoms with Gasteiger partial charge in [-0.3, -0.25) is 0 Å². The minimum atomic E-state index is 0.0210. The first-order valence-electron chi connectivity index (χ1n) is 4.20. The van der Waals surface area contributed by atoms with E-state index in [1.165, 1.54) is 6.20 Å². The Morgan fingerprint density at radius 1 is 1.33 bits per heavy atom. The van der Waals surface area contributed by atoms with Crippen LogP contribution in [0.3, 0.4) is 0 Å². The number of nitrogens with one attached hydrogen (secondary N) is 1. The number of hydrogen-bond donors (Lipinski definition) is 1. The topological polar surface area (TPSA) is 59.6 Å². The Morgan fingerprint density at radius 3 is 2.53 bits per heavy atom. The van der Waals surface area contributed by atoms with Crippen LogP contribution < -0.4 is 5.32 Å². The van der Waals surface area contributed by atoms with Gasteiger partial charge in [0.25, 0.3) is 0 Å². The number of hydrogen-bond acceptors (Lipinski definition) is 3. The van der Waals surface area contributed by atoms with Crippen molar-refractivity contribution in [2.75, 3.05) is 5.32 Å². The highest BCUT2D eigenvalue weighted by atomic mass is 35.5. The predicted molar refractivity (Wildman–Crippen MR) is 59.1 cm³/mol. The molecule has 0 fully saturated rings. The fraction of sp³-hybridized carbons (Fsp3) is 0.0909. The van der Waals surface area contributed by atoms with Crippen LogP contribution in [0.2, 0.25) is 5.02 Å². The molecule has 4 heteroatoms. The molecule has 0 atom stereocenters. The van der Waals surface area contributed by atoms with Gasteiger partial charge in [0.2, 0.25) is 0 Å². The van der Waals surface area contributed by atoms with E-state index in [-0.39, 0.29) is 5.57 Å². The summed E-state index contributed by atoms with van der Waals surface area (Å²) in [6, 6.07) is 8.93. The molecule has 0 unspecified atom stereocenters. The maximum absolute atomic E-state index is 8.51. The van der Waals surface area contributed by atoms with Gasteiger partial charge in [0.05, 0.1) is 0 Å². The van der Waals surface area contributed by atoms with E-state index >= 15 is 0 Å². The van der Waals surface area contributed by atoms with Crippen LogP contribution in [0.25, 0.3) is 0 Å². The summed E-state index contributed by atoms with van der Waals surface area (Å²) in [5.41, 5.74) is 1.78. The van der Waals surface area contributed by atoms with E-state index in [0.717, 1.165) is 11.3 Å². The van der Waals surface area contributed by atoms with Crippen LogP contribution in [0, 0.1) is 29.6 Å². The number of aryl methyl sites for hydroxylation is 1. The van der Waals surface area contributed by atoms with Gasteiger partial charge in [0.15, 0.2) is 0 Å². The Balaban J connectivity index is 2.88.